The van der Waals surface area contributed by atoms with E-state index in [1.54, 1.807) is 4.13 Å². The van der Waals surface area contributed by atoms with Crippen molar-refractivity contribution in [1.82, 2.24) is 4.13 Å². The van der Waals surface area contributed by atoms with Gasteiger partial charge in [0.15, 0.2) is 0 Å². The molecule has 0 unspecified atom stereocenters. The number of carbonyl (C=O) groups is 2. The molecule has 5 N–H and O–H groups in total. The van der Waals surface area contributed by atoms with Crippen molar-refractivity contribution in [2.24, 2.45) is 11.5 Å². The molecule has 0 bridgehead atoms. The first kappa shape index (κ1) is 18.6. The van der Waals surface area contributed by atoms with Crippen LogP contribution >= 0.6 is 0 Å². The molecule has 0 atom stereocenters. The minimum Gasteiger partial charge on any atom is -0.366 e. The Morgan fingerprint density at radius 3 is 1.16 bits per heavy atom. The molecule has 2 rings (SSSR count). The molecule has 0 radical (unpaired) electrons. The van der Waals surface area contributed by atoms with Crippen molar-refractivity contribution in [3.05, 3.63) is 59.7 Å². The summed E-state index contributed by atoms with van der Waals surface area (Å²) in [6.07, 6.45) is 0. The zero-order valence-corrected chi connectivity index (χ0v) is 14.2. The SMILES string of the molecule is NC(=O)c1ccc(S(=O)(=O)NS(=O)(=O)c2ccc(C(N)=O)cc2)cc1. The zero-order chi connectivity index (χ0) is 18.8. The predicted octanol–water partition coefficient (Wildman–Crippen LogP) is -0.448. The summed E-state index contributed by atoms with van der Waals surface area (Å²) in [7, 11) is -8.83. The number of nitrogens with two attached hydrogens (primary N) is 2. The van der Waals surface area contributed by atoms with E-state index in [9.17, 15) is 26.4 Å². The Bertz CT molecular complexity index is 941. The van der Waals surface area contributed by atoms with Crippen molar-refractivity contribution in [2.75, 3.05) is 0 Å². The number of hydrogen-bond donors (Lipinski definition) is 3. The van der Waals surface area contributed by atoms with Gasteiger partial charge in [-0.25, -0.2) is 16.8 Å². The maximum absolute atomic E-state index is 12.2. The van der Waals surface area contributed by atoms with E-state index in [2.05, 4.69) is 0 Å². The van der Waals surface area contributed by atoms with Gasteiger partial charge in [0.1, 0.15) is 0 Å². The number of sulfonamides is 2. The number of hydrogen-bond acceptors (Lipinski definition) is 6. The summed E-state index contributed by atoms with van der Waals surface area (Å²) in [6, 6.07) is 8.83. The van der Waals surface area contributed by atoms with Crippen LogP contribution in [0.4, 0.5) is 0 Å². The average molecular weight is 383 g/mol. The number of amides is 2. The second-order valence-electron chi connectivity index (χ2n) is 4.87. The lowest BCUT2D eigenvalue weighted by Gasteiger charge is -2.08. The Morgan fingerprint density at radius 1 is 0.640 bits per heavy atom. The smallest absolute Gasteiger partial charge is 0.253 e. The van der Waals surface area contributed by atoms with Gasteiger partial charge in [0.2, 0.25) is 11.8 Å². The van der Waals surface area contributed by atoms with Gasteiger partial charge in [-0.3, -0.25) is 9.59 Å². The lowest BCUT2D eigenvalue weighted by atomic mass is 10.2. The highest BCUT2D eigenvalue weighted by Crippen LogP contribution is 2.15. The van der Waals surface area contributed by atoms with Gasteiger partial charge < -0.3 is 11.5 Å². The first-order chi connectivity index (χ1) is 11.5. The molecule has 0 aliphatic carbocycles. The number of primary amides is 2. The molecular formula is C14H13N3O6S2. The molecule has 132 valence electrons. The summed E-state index contributed by atoms with van der Waals surface area (Å²) in [5, 5.41) is 0. The van der Waals surface area contributed by atoms with Crippen LogP contribution in [0.1, 0.15) is 20.7 Å². The standard InChI is InChI=1S/C14H13N3O6S2/c15-13(18)9-1-5-11(6-2-9)24(20,21)17-25(22,23)12-7-3-10(4-8-12)14(16)19/h1-8,17H,(H2,15,18)(H2,16,19). The molecule has 0 fully saturated rings. The molecule has 0 aliphatic heterocycles. The van der Waals surface area contributed by atoms with Gasteiger partial charge in [-0.05, 0) is 48.5 Å². The highest BCUT2D eigenvalue weighted by Gasteiger charge is 2.24. The summed E-state index contributed by atoms with van der Waals surface area (Å²) in [5.41, 5.74) is 10.2. The van der Waals surface area contributed by atoms with Gasteiger partial charge >= 0.3 is 0 Å². The molecule has 0 aliphatic rings. The number of benzene rings is 2. The first-order valence-electron chi connectivity index (χ1n) is 6.61. The fourth-order valence-corrected chi connectivity index (χ4v) is 4.75. The maximum Gasteiger partial charge on any atom is 0.253 e. The molecule has 0 spiro atoms. The van der Waals surface area contributed by atoms with E-state index in [4.69, 9.17) is 11.5 Å². The molecule has 9 nitrogen and oxygen atoms in total. The van der Waals surface area contributed by atoms with Crippen LogP contribution in [0.2, 0.25) is 0 Å². The molecule has 11 heteroatoms. The molecule has 25 heavy (non-hydrogen) atoms. The van der Waals surface area contributed by atoms with Crippen LogP contribution in [-0.4, -0.2) is 28.6 Å². The monoisotopic (exact) mass is 383 g/mol. The normalized spacial score (nSPS) is 11.8. The van der Waals surface area contributed by atoms with Crippen molar-refractivity contribution >= 4 is 31.9 Å². The van der Waals surface area contributed by atoms with Crippen LogP contribution < -0.4 is 15.6 Å². The fraction of sp³-hybridized carbons (Fsp3) is 0. The van der Waals surface area contributed by atoms with Crippen molar-refractivity contribution in [3.8, 4) is 0 Å². The quantitative estimate of drug-likeness (QED) is 0.611. The minimum absolute atomic E-state index is 0.0730. The van der Waals surface area contributed by atoms with E-state index >= 15 is 0 Å². The zero-order valence-electron chi connectivity index (χ0n) is 12.5. The van der Waals surface area contributed by atoms with Crippen LogP contribution in [0.3, 0.4) is 0 Å². The van der Waals surface area contributed by atoms with E-state index in [1.165, 1.54) is 0 Å². The number of rotatable bonds is 6. The van der Waals surface area contributed by atoms with Crippen LogP contribution in [0.15, 0.2) is 58.3 Å². The second-order valence-corrected chi connectivity index (χ2v) is 8.49. The number of carbonyl (C=O) groups excluding carboxylic acids is 2. The molecule has 2 amide bonds. The van der Waals surface area contributed by atoms with E-state index in [-0.39, 0.29) is 20.9 Å². The van der Waals surface area contributed by atoms with Gasteiger partial charge in [-0.1, -0.05) is 0 Å². The van der Waals surface area contributed by atoms with Crippen LogP contribution in [0.25, 0.3) is 0 Å². The topological polar surface area (TPSA) is 166 Å². The molecule has 0 heterocycles. The minimum atomic E-state index is -4.42. The Morgan fingerprint density at radius 2 is 0.920 bits per heavy atom. The lowest BCUT2D eigenvalue weighted by Crippen LogP contribution is -2.30. The van der Waals surface area contributed by atoms with E-state index in [0.717, 1.165) is 48.5 Å². The van der Waals surface area contributed by atoms with Crippen molar-refractivity contribution < 1.29 is 26.4 Å². The Kier molecular flexibility index (Phi) is 4.92. The van der Waals surface area contributed by atoms with Crippen LogP contribution in [0.5, 0.6) is 0 Å². The Balaban J connectivity index is 2.31. The van der Waals surface area contributed by atoms with Gasteiger partial charge in [0.25, 0.3) is 20.0 Å². The third-order valence-corrected chi connectivity index (χ3v) is 6.66. The summed E-state index contributed by atoms with van der Waals surface area (Å²) in [5.74, 6) is -1.50. The summed E-state index contributed by atoms with van der Waals surface area (Å²) in [6.45, 7) is 0. The third kappa shape index (κ3) is 4.21. The molecule has 0 aromatic heterocycles. The molecule has 0 saturated heterocycles. The maximum atomic E-state index is 12.2. The van der Waals surface area contributed by atoms with Crippen molar-refractivity contribution in [3.63, 3.8) is 0 Å². The van der Waals surface area contributed by atoms with E-state index in [1.807, 2.05) is 0 Å². The van der Waals surface area contributed by atoms with Gasteiger partial charge in [0.05, 0.1) is 9.79 Å². The van der Waals surface area contributed by atoms with Gasteiger partial charge in [-0.15, -0.1) is 4.13 Å². The fourth-order valence-electron chi connectivity index (χ4n) is 1.84. The van der Waals surface area contributed by atoms with E-state index in [0.29, 0.717) is 0 Å². The third-order valence-electron chi connectivity index (χ3n) is 3.12. The predicted molar refractivity (Wildman–Crippen MR) is 87.4 cm³/mol. The summed E-state index contributed by atoms with van der Waals surface area (Å²) >= 11 is 0. The van der Waals surface area contributed by atoms with Crippen molar-refractivity contribution in [1.29, 1.82) is 0 Å². The van der Waals surface area contributed by atoms with Crippen molar-refractivity contribution in [2.45, 2.75) is 9.79 Å². The van der Waals surface area contributed by atoms with Gasteiger partial charge in [0, 0.05) is 11.1 Å². The lowest BCUT2D eigenvalue weighted by molar-refractivity contribution is 0.0992. The molecule has 0 saturated carbocycles. The molecule has 2 aromatic carbocycles. The average Bonchev–Trinajstić information content (AvgIpc) is 2.54. The highest BCUT2D eigenvalue weighted by molar-refractivity contribution is 8.04. The van der Waals surface area contributed by atoms with Crippen LogP contribution in [-0.2, 0) is 20.0 Å². The van der Waals surface area contributed by atoms with Crippen LogP contribution in [0, 0.1) is 0 Å². The number of nitrogens with one attached hydrogen (secondary N) is 1. The molecular weight excluding hydrogens is 370 g/mol. The molecule has 2 aromatic rings. The summed E-state index contributed by atoms with van der Waals surface area (Å²) in [4.78, 5) is 21.2. The largest absolute Gasteiger partial charge is 0.366 e. The Hall–Kier alpha value is -2.76. The second kappa shape index (κ2) is 6.63. The van der Waals surface area contributed by atoms with Gasteiger partial charge in [-0.2, -0.15) is 0 Å². The highest BCUT2D eigenvalue weighted by atomic mass is 32.3. The Labute approximate surface area is 143 Å². The summed E-state index contributed by atoms with van der Waals surface area (Å²) < 4.78 is 50.4. The first-order valence-corrected chi connectivity index (χ1v) is 9.58. The van der Waals surface area contributed by atoms with E-state index < -0.39 is 31.9 Å².